The predicted octanol–water partition coefficient (Wildman–Crippen LogP) is 1.52. The monoisotopic (exact) mass is 309 g/mol. The topological polar surface area (TPSA) is 93.7 Å². The first kappa shape index (κ1) is 14.3. The van der Waals surface area contributed by atoms with Gasteiger partial charge >= 0.3 is 5.97 Å². The van der Waals surface area contributed by atoms with Crippen LogP contribution in [0.4, 0.5) is 0 Å². The third-order valence-electron chi connectivity index (χ3n) is 2.29. The molecule has 1 aromatic heterocycles. The highest BCUT2D eigenvalue weighted by Crippen LogP contribution is 2.31. The Kier molecular flexibility index (Phi) is 4.55. The summed E-state index contributed by atoms with van der Waals surface area (Å²) in [6.07, 6.45) is 0. The molecule has 1 heterocycles. The normalized spacial score (nSPS) is 10.1. The smallest absolute Gasteiger partial charge is 0.327 e. The van der Waals surface area contributed by atoms with E-state index in [4.69, 9.17) is 16.9 Å². The molecule has 2 rings (SSSR count). The first-order chi connectivity index (χ1) is 9.65. The number of hydrogen-bond donors (Lipinski definition) is 0. The lowest BCUT2D eigenvalue weighted by Gasteiger charge is -2.05. The summed E-state index contributed by atoms with van der Waals surface area (Å²) in [7, 11) is 1.28. The number of hydrogen-bond acceptors (Lipinski definition) is 7. The predicted molar refractivity (Wildman–Crippen MR) is 70.1 cm³/mol. The Labute approximate surface area is 123 Å². The Balaban J connectivity index is 2.28. The summed E-state index contributed by atoms with van der Waals surface area (Å²) in [5.41, 5.74) is 0.340. The number of ether oxygens (including phenoxy) is 1. The molecule has 0 saturated carbocycles. The van der Waals surface area contributed by atoms with E-state index in [1.165, 1.54) is 11.8 Å². The number of esters is 1. The molecule has 0 aliphatic carbocycles. The van der Waals surface area contributed by atoms with Crippen molar-refractivity contribution in [2.24, 2.45) is 0 Å². The lowest BCUT2D eigenvalue weighted by molar-refractivity contribution is -0.141. The number of tetrazole rings is 1. The number of carbonyl (C=O) groups is 1. The maximum absolute atomic E-state index is 11.2. The van der Waals surface area contributed by atoms with Crippen LogP contribution >= 0.6 is 23.4 Å². The Morgan fingerprint density at radius 2 is 2.40 bits per heavy atom. The summed E-state index contributed by atoms with van der Waals surface area (Å²) in [6, 6.07) is 7.10. The number of methoxy groups -OCH3 is 1. The van der Waals surface area contributed by atoms with E-state index in [-0.39, 0.29) is 6.54 Å². The molecule has 0 bridgehead atoms. The Morgan fingerprint density at radius 1 is 1.60 bits per heavy atom. The van der Waals surface area contributed by atoms with Gasteiger partial charge in [-0.1, -0.05) is 17.7 Å². The zero-order valence-corrected chi connectivity index (χ0v) is 11.9. The van der Waals surface area contributed by atoms with E-state index in [1.807, 2.05) is 6.07 Å². The van der Waals surface area contributed by atoms with Crippen LogP contribution in [0.15, 0.2) is 28.3 Å². The molecule has 2 aromatic rings. The van der Waals surface area contributed by atoms with E-state index in [0.29, 0.717) is 20.6 Å². The van der Waals surface area contributed by atoms with Crippen molar-refractivity contribution in [3.05, 3.63) is 28.8 Å². The molecule has 0 atom stereocenters. The third kappa shape index (κ3) is 3.07. The van der Waals surface area contributed by atoms with E-state index in [2.05, 4.69) is 20.3 Å². The van der Waals surface area contributed by atoms with Crippen molar-refractivity contribution >= 4 is 29.3 Å². The van der Waals surface area contributed by atoms with Crippen LogP contribution in [0, 0.1) is 11.3 Å². The molecule has 0 fully saturated rings. The molecule has 0 unspecified atom stereocenters. The van der Waals surface area contributed by atoms with Gasteiger partial charge in [0.15, 0.2) is 0 Å². The molecule has 102 valence electrons. The summed E-state index contributed by atoms with van der Waals surface area (Å²) in [6.45, 7) is -0.103. The first-order valence-corrected chi connectivity index (χ1v) is 6.54. The zero-order chi connectivity index (χ0) is 14.5. The van der Waals surface area contributed by atoms with Gasteiger partial charge in [-0.15, -0.1) is 5.10 Å². The third-order valence-corrected chi connectivity index (χ3v) is 3.64. The van der Waals surface area contributed by atoms with Crippen molar-refractivity contribution in [3.63, 3.8) is 0 Å². The van der Waals surface area contributed by atoms with Crippen molar-refractivity contribution < 1.29 is 9.53 Å². The van der Waals surface area contributed by atoms with Gasteiger partial charge in [0.25, 0.3) is 0 Å². The molecule has 0 amide bonds. The Morgan fingerprint density at radius 3 is 3.10 bits per heavy atom. The van der Waals surface area contributed by atoms with E-state index in [0.717, 1.165) is 11.8 Å². The number of halogens is 1. The summed E-state index contributed by atoms with van der Waals surface area (Å²) in [5, 5.41) is 20.8. The van der Waals surface area contributed by atoms with Crippen LogP contribution in [0.1, 0.15) is 5.56 Å². The number of nitrogens with zero attached hydrogens (tertiary/aromatic N) is 5. The van der Waals surface area contributed by atoms with Crippen LogP contribution in [-0.4, -0.2) is 33.3 Å². The van der Waals surface area contributed by atoms with Crippen LogP contribution in [0.3, 0.4) is 0 Å². The SMILES string of the molecule is COC(=O)Cn1nnnc1Sc1cccc(Cl)c1C#N. The van der Waals surface area contributed by atoms with Crippen molar-refractivity contribution in [2.45, 2.75) is 16.6 Å². The van der Waals surface area contributed by atoms with Gasteiger partial charge in [-0.25, -0.2) is 4.68 Å². The molecule has 0 N–H and O–H groups in total. The Hall–Kier alpha value is -2.11. The van der Waals surface area contributed by atoms with Gasteiger partial charge in [0, 0.05) is 4.90 Å². The fourth-order valence-electron chi connectivity index (χ4n) is 1.35. The number of aromatic nitrogens is 4. The summed E-state index contributed by atoms with van der Waals surface area (Å²) < 4.78 is 5.84. The van der Waals surface area contributed by atoms with Gasteiger partial charge in [0.2, 0.25) is 5.16 Å². The number of benzene rings is 1. The van der Waals surface area contributed by atoms with E-state index in [9.17, 15) is 4.79 Å². The van der Waals surface area contributed by atoms with Crippen LogP contribution in [0.25, 0.3) is 0 Å². The fourth-order valence-corrected chi connectivity index (χ4v) is 2.51. The van der Waals surface area contributed by atoms with Gasteiger partial charge in [0.1, 0.15) is 12.6 Å². The molecular weight excluding hydrogens is 302 g/mol. The van der Waals surface area contributed by atoms with E-state index < -0.39 is 5.97 Å². The quantitative estimate of drug-likeness (QED) is 0.790. The summed E-state index contributed by atoms with van der Waals surface area (Å²) in [5.74, 6) is -0.467. The van der Waals surface area contributed by atoms with Crippen LogP contribution in [-0.2, 0) is 16.1 Å². The first-order valence-electron chi connectivity index (χ1n) is 5.35. The maximum atomic E-state index is 11.2. The van der Waals surface area contributed by atoms with Crippen LogP contribution in [0.2, 0.25) is 5.02 Å². The molecule has 0 spiro atoms. The summed E-state index contributed by atoms with van der Waals surface area (Å²) in [4.78, 5) is 11.9. The Bertz CT molecular complexity index is 682. The molecule has 0 radical (unpaired) electrons. The average molecular weight is 310 g/mol. The van der Waals surface area contributed by atoms with Gasteiger partial charge in [-0.3, -0.25) is 4.79 Å². The minimum atomic E-state index is -0.467. The molecule has 20 heavy (non-hydrogen) atoms. The summed E-state index contributed by atoms with van der Waals surface area (Å²) >= 11 is 7.10. The molecule has 0 aliphatic rings. The highest BCUT2D eigenvalue weighted by atomic mass is 35.5. The second-order valence-corrected chi connectivity index (χ2v) is 4.94. The molecular formula is C11H8ClN5O2S. The van der Waals surface area contributed by atoms with Crippen molar-refractivity contribution in [3.8, 4) is 6.07 Å². The van der Waals surface area contributed by atoms with Gasteiger partial charge in [-0.2, -0.15) is 5.26 Å². The maximum Gasteiger partial charge on any atom is 0.327 e. The fraction of sp³-hybridized carbons (Fsp3) is 0.182. The number of carbonyl (C=O) groups excluding carboxylic acids is 1. The average Bonchev–Trinajstić information content (AvgIpc) is 2.86. The minimum Gasteiger partial charge on any atom is -0.468 e. The number of rotatable bonds is 4. The van der Waals surface area contributed by atoms with E-state index in [1.54, 1.807) is 18.2 Å². The zero-order valence-electron chi connectivity index (χ0n) is 10.3. The van der Waals surface area contributed by atoms with E-state index >= 15 is 0 Å². The highest BCUT2D eigenvalue weighted by molar-refractivity contribution is 7.99. The van der Waals surface area contributed by atoms with Gasteiger partial charge in [0.05, 0.1) is 17.7 Å². The molecule has 7 nitrogen and oxygen atoms in total. The van der Waals surface area contributed by atoms with Gasteiger partial charge < -0.3 is 4.74 Å². The van der Waals surface area contributed by atoms with Crippen molar-refractivity contribution in [2.75, 3.05) is 7.11 Å². The highest BCUT2D eigenvalue weighted by Gasteiger charge is 2.15. The molecule has 0 saturated heterocycles. The lowest BCUT2D eigenvalue weighted by Crippen LogP contribution is -2.13. The number of nitriles is 1. The van der Waals surface area contributed by atoms with Crippen LogP contribution in [0.5, 0.6) is 0 Å². The van der Waals surface area contributed by atoms with Gasteiger partial charge in [-0.05, 0) is 34.3 Å². The molecule has 0 aliphatic heterocycles. The van der Waals surface area contributed by atoms with Crippen LogP contribution < -0.4 is 0 Å². The minimum absolute atomic E-state index is 0.103. The van der Waals surface area contributed by atoms with Crippen molar-refractivity contribution in [1.29, 1.82) is 5.26 Å². The lowest BCUT2D eigenvalue weighted by atomic mass is 10.2. The second kappa shape index (κ2) is 6.36. The standard InChI is InChI=1S/C11H8ClN5O2S/c1-19-10(18)6-17-11(14-15-16-17)20-9-4-2-3-8(12)7(9)5-13/h2-4H,6H2,1H3. The molecule has 1 aromatic carbocycles. The van der Waals surface area contributed by atoms with Crippen molar-refractivity contribution in [1.82, 2.24) is 20.2 Å². The second-order valence-electron chi connectivity index (χ2n) is 3.52. The molecule has 9 heteroatoms. The largest absolute Gasteiger partial charge is 0.468 e.